The van der Waals surface area contributed by atoms with Gasteiger partial charge in [0.15, 0.2) is 0 Å². The van der Waals surface area contributed by atoms with E-state index < -0.39 is 0 Å². The van der Waals surface area contributed by atoms with Crippen molar-refractivity contribution in [2.24, 2.45) is 17.6 Å². The van der Waals surface area contributed by atoms with Gasteiger partial charge in [0, 0.05) is 17.6 Å². The van der Waals surface area contributed by atoms with E-state index in [4.69, 9.17) is 5.73 Å². The molecular formula is C11H19N3OS. The second-order valence-electron chi connectivity index (χ2n) is 4.17. The average molecular weight is 241 g/mol. The second kappa shape index (κ2) is 5.96. The second-order valence-corrected chi connectivity index (χ2v) is 5.49. The van der Waals surface area contributed by atoms with Crippen LogP contribution in [0.3, 0.4) is 0 Å². The lowest BCUT2D eigenvalue weighted by atomic mass is 9.95. The van der Waals surface area contributed by atoms with Gasteiger partial charge in [0.25, 0.3) is 0 Å². The maximum absolute atomic E-state index is 11.8. The zero-order valence-electron chi connectivity index (χ0n) is 9.99. The first-order chi connectivity index (χ1) is 7.54. The van der Waals surface area contributed by atoms with Gasteiger partial charge in [-0.05, 0) is 12.8 Å². The molecule has 1 heterocycles. The largest absolute Gasteiger partial charge is 0.349 e. The molecule has 5 heteroatoms. The van der Waals surface area contributed by atoms with Crippen molar-refractivity contribution in [3.8, 4) is 0 Å². The molecule has 0 aliphatic carbocycles. The van der Waals surface area contributed by atoms with Crippen LogP contribution in [0.25, 0.3) is 0 Å². The number of nitrogens with zero attached hydrogens (tertiary/aromatic N) is 1. The van der Waals surface area contributed by atoms with E-state index in [2.05, 4.69) is 10.3 Å². The molecule has 0 bridgehead atoms. The fraction of sp³-hybridized carbons (Fsp3) is 0.636. The van der Waals surface area contributed by atoms with Crippen molar-refractivity contribution in [3.05, 3.63) is 16.1 Å². The number of amides is 1. The average Bonchev–Trinajstić information content (AvgIpc) is 2.62. The lowest BCUT2D eigenvalue weighted by Gasteiger charge is -2.17. The first kappa shape index (κ1) is 13.1. The Morgan fingerprint density at radius 2 is 2.31 bits per heavy atom. The Kier molecular flexibility index (Phi) is 4.89. The van der Waals surface area contributed by atoms with E-state index in [1.165, 1.54) is 0 Å². The van der Waals surface area contributed by atoms with E-state index in [0.29, 0.717) is 13.1 Å². The number of carbonyl (C=O) groups excluding carboxylic acids is 1. The molecule has 16 heavy (non-hydrogen) atoms. The van der Waals surface area contributed by atoms with Crippen molar-refractivity contribution >= 4 is 17.2 Å². The third kappa shape index (κ3) is 3.57. The molecule has 0 saturated heterocycles. The molecule has 1 aromatic rings. The number of carbonyl (C=O) groups is 1. The van der Waals surface area contributed by atoms with Crippen molar-refractivity contribution in [2.75, 3.05) is 6.54 Å². The summed E-state index contributed by atoms with van der Waals surface area (Å²) in [4.78, 5) is 17.1. The smallest absolute Gasteiger partial charge is 0.224 e. The molecule has 0 radical (unpaired) electrons. The van der Waals surface area contributed by atoms with Crippen LogP contribution in [0.5, 0.6) is 0 Å². The number of nitrogens with two attached hydrogens (primary N) is 1. The standard InChI is InChI=1S/C11H19N3OS/c1-7(2)9(4-12)11(15)14-6-10-13-5-8(3)16-10/h5,7,9H,4,6,12H2,1-3H3,(H,14,15). The molecule has 1 aromatic heterocycles. The molecule has 1 amide bonds. The lowest BCUT2D eigenvalue weighted by Crippen LogP contribution is -2.37. The van der Waals surface area contributed by atoms with Crippen molar-refractivity contribution in [1.82, 2.24) is 10.3 Å². The molecule has 1 unspecified atom stereocenters. The summed E-state index contributed by atoms with van der Waals surface area (Å²) in [5.41, 5.74) is 5.57. The Hall–Kier alpha value is -0.940. The summed E-state index contributed by atoms with van der Waals surface area (Å²) < 4.78 is 0. The minimum Gasteiger partial charge on any atom is -0.349 e. The molecule has 4 nitrogen and oxygen atoms in total. The summed E-state index contributed by atoms with van der Waals surface area (Å²) in [5, 5.41) is 3.81. The van der Waals surface area contributed by atoms with Gasteiger partial charge in [-0.2, -0.15) is 0 Å². The van der Waals surface area contributed by atoms with Gasteiger partial charge in [0.05, 0.1) is 12.5 Å². The van der Waals surface area contributed by atoms with Crippen LogP contribution < -0.4 is 11.1 Å². The minimum absolute atomic E-state index is 0.0188. The molecule has 0 aliphatic rings. The highest BCUT2D eigenvalue weighted by Gasteiger charge is 2.20. The van der Waals surface area contributed by atoms with E-state index in [9.17, 15) is 4.79 Å². The number of thiazole rings is 1. The summed E-state index contributed by atoms with van der Waals surface area (Å²) >= 11 is 1.60. The number of rotatable bonds is 5. The minimum atomic E-state index is -0.110. The van der Waals surface area contributed by atoms with E-state index in [0.717, 1.165) is 9.88 Å². The number of hydrogen-bond acceptors (Lipinski definition) is 4. The summed E-state index contributed by atoms with van der Waals surface area (Å²) in [5.74, 6) is 0.175. The van der Waals surface area contributed by atoms with Gasteiger partial charge in [-0.1, -0.05) is 13.8 Å². The van der Waals surface area contributed by atoms with Crippen LogP contribution in [0.15, 0.2) is 6.20 Å². The SMILES string of the molecule is Cc1cnc(CNC(=O)C(CN)C(C)C)s1. The first-order valence-electron chi connectivity index (χ1n) is 5.43. The molecule has 0 saturated carbocycles. The molecule has 0 fully saturated rings. The first-order valence-corrected chi connectivity index (χ1v) is 6.25. The fourth-order valence-electron chi connectivity index (χ4n) is 1.46. The third-order valence-electron chi connectivity index (χ3n) is 2.48. The maximum atomic E-state index is 11.8. The molecule has 3 N–H and O–H groups in total. The molecule has 90 valence electrons. The van der Waals surface area contributed by atoms with Gasteiger partial charge in [0.2, 0.25) is 5.91 Å². The van der Waals surface area contributed by atoms with Gasteiger partial charge in [0.1, 0.15) is 5.01 Å². The normalized spacial score (nSPS) is 12.8. The van der Waals surface area contributed by atoms with Gasteiger partial charge in [-0.3, -0.25) is 4.79 Å². The number of nitrogens with one attached hydrogen (secondary N) is 1. The third-order valence-corrected chi connectivity index (χ3v) is 3.39. The molecular weight excluding hydrogens is 222 g/mol. The van der Waals surface area contributed by atoms with Crippen LogP contribution in [0.2, 0.25) is 0 Å². The lowest BCUT2D eigenvalue weighted by molar-refractivity contribution is -0.126. The Labute approximate surface area is 100 Å². The van der Waals surface area contributed by atoms with Crippen LogP contribution in [-0.2, 0) is 11.3 Å². The van der Waals surface area contributed by atoms with Crippen molar-refractivity contribution in [3.63, 3.8) is 0 Å². The summed E-state index contributed by atoms with van der Waals surface area (Å²) in [6, 6.07) is 0. The summed E-state index contributed by atoms with van der Waals surface area (Å²) in [6.45, 7) is 6.90. The summed E-state index contributed by atoms with van der Waals surface area (Å²) in [6.07, 6.45) is 1.81. The Balaban J connectivity index is 2.45. The van der Waals surface area contributed by atoms with E-state index >= 15 is 0 Å². The molecule has 1 atom stereocenters. The number of aryl methyl sites for hydroxylation is 1. The number of aromatic nitrogens is 1. The Bertz CT molecular complexity index is 349. The van der Waals surface area contributed by atoms with Gasteiger partial charge >= 0.3 is 0 Å². The predicted octanol–water partition coefficient (Wildman–Crippen LogP) is 1.30. The highest BCUT2D eigenvalue weighted by atomic mass is 32.1. The maximum Gasteiger partial charge on any atom is 0.224 e. The van der Waals surface area contributed by atoms with Crippen LogP contribution >= 0.6 is 11.3 Å². The van der Waals surface area contributed by atoms with Gasteiger partial charge in [-0.15, -0.1) is 11.3 Å². The zero-order chi connectivity index (χ0) is 12.1. The van der Waals surface area contributed by atoms with Gasteiger partial charge in [-0.25, -0.2) is 4.98 Å². The number of hydrogen-bond donors (Lipinski definition) is 2. The summed E-state index contributed by atoms with van der Waals surface area (Å²) in [7, 11) is 0. The highest BCUT2D eigenvalue weighted by molar-refractivity contribution is 7.11. The highest BCUT2D eigenvalue weighted by Crippen LogP contribution is 2.12. The molecule has 0 aliphatic heterocycles. The molecule has 0 aromatic carbocycles. The van der Waals surface area contributed by atoms with Crippen LogP contribution in [0, 0.1) is 18.8 Å². The molecule has 1 rings (SSSR count). The van der Waals surface area contributed by atoms with E-state index in [-0.39, 0.29) is 17.7 Å². The Morgan fingerprint density at radius 3 is 2.75 bits per heavy atom. The van der Waals surface area contributed by atoms with E-state index in [1.807, 2.05) is 27.0 Å². The molecule has 0 spiro atoms. The van der Waals surface area contributed by atoms with Crippen LogP contribution in [-0.4, -0.2) is 17.4 Å². The van der Waals surface area contributed by atoms with Crippen molar-refractivity contribution in [2.45, 2.75) is 27.3 Å². The van der Waals surface area contributed by atoms with Crippen LogP contribution in [0.1, 0.15) is 23.7 Å². The monoisotopic (exact) mass is 241 g/mol. The van der Waals surface area contributed by atoms with Gasteiger partial charge < -0.3 is 11.1 Å². The quantitative estimate of drug-likeness (QED) is 0.816. The topological polar surface area (TPSA) is 68.0 Å². The predicted molar refractivity (Wildman–Crippen MR) is 66.1 cm³/mol. The fourth-order valence-corrected chi connectivity index (χ4v) is 2.19. The Morgan fingerprint density at radius 1 is 1.62 bits per heavy atom. The zero-order valence-corrected chi connectivity index (χ0v) is 10.8. The van der Waals surface area contributed by atoms with Crippen molar-refractivity contribution < 1.29 is 4.79 Å². The van der Waals surface area contributed by atoms with Crippen LogP contribution in [0.4, 0.5) is 0 Å². The van der Waals surface area contributed by atoms with Crippen molar-refractivity contribution in [1.29, 1.82) is 0 Å². The van der Waals surface area contributed by atoms with E-state index in [1.54, 1.807) is 11.3 Å².